The van der Waals surface area contributed by atoms with E-state index in [9.17, 15) is 14.4 Å². The summed E-state index contributed by atoms with van der Waals surface area (Å²) in [4.78, 5) is 37.5. The predicted molar refractivity (Wildman–Crippen MR) is 71.8 cm³/mol. The highest BCUT2D eigenvalue weighted by atomic mass is 16.6. The lowest BCUT2D eigenvalue weighted by Gasteiger charge is -2.25. The van der Waals surface area contributed by atoms with Crippen LogP contribution >= 0.6 is 0 Å². The maximum atomic E-state index is 12.5. The van der Waals surface area contributed by atoms with E-state index in [-0.39, 0.29) is 11.7 Å². The number of fused-ring (bicyclic) bond motifs is 3. The van der Waals surface area contributed by atoms with Crippen LogP contribution in [0.5, 0.6) is 0 Å². The number of carbonyl (C=O) groups is 2. The molecule has 1 aromatic carbocycles. The molecule has 2 unspecified atom stereocenters. The van der Waals surface area contributed by atoms with Crippen LogP contribution in [-0.2, 0) is 9.53 Å². The van der Waals surface area contributed by atoms with E-state index < -0.39 is 23.5 Å². The second kappa shape index (κ2) is 4.18. The fourth-order valence-electron chi connectivity index (χ4n) is 2.94. The first-order chi connectivity index (χ1) is 10.1. The van der Waals surface area contributed by atoms with Gasteiger partial charge in [0.05, 0.1) is 6.54 Å². The van der Waals surface area contributed by atoms with E-state index in [0.717, 1.165) is 0 Å². The van der Waals surface area contributed by atoms with E-state index in [2.05, 4.69) is 0 Å². The topological polar surface area (TPSA) is 76.8 Å². The molecule has 2 aliphatic heterocycles. The first kappa shape index (κ1) is 12.1. The Bertz CT molecular complexity index is 824. The van der Waals surface area contributed by atoms with E-state index in [1.165, 1.54) is 11.0 Å². The number of benzene rings is 1. The van der Waals surface area contributed by atoms with Crippen molar-refractivity contribution in [1.29, 1.82) is 0 Å². The Morgan fingerprint density at radius 3 is 2.81 bits per heavy atom. The highest BCUT2D eigenvalue weighted by Crippen LogP contribution is 2.30. The van der Waals surface area contributed by atoms with Gasteiger partial charge in [0.1, 0.15) is 23.3 Å². The smallest absolute Gasteiger partial charge is 0.349 e. The number of carbonyl (C=O) groups excluding carboxylic acids is 2. The number of rotatable bonds is 1. The summed E-state index contributed by atoms with van der Waals surface area (Å²) in [5, 5.41) is 0.674. The number of esters is 1. The lowest BCUT2D eigenvalue weighted by atomic mass is 10.1. The van der Waals surface area contributed by atoms with Crippen LogP contribution in [-0.4, -0.2) is 35.5 Å². The van der Waals surface area contributed by atoms with Gasteiger partial charge in [0.25, 0.3) is 5.91 Å². The minimum absolute atomic E-state index is 0.0472. The minimum atomic E-state index is -0.685. The Hall–Kier alpha value is -2.63. The van der Waals surface area contributed by atoms with Crippen molar-refractivity contribution in [1.82, 2.24) is 4.90 Å². The molecule has 6 heteroatoms. The molecule has 6 nitrogen and oxygen atoms in total. The monoisotopic (exact) mass is 285 g/mol. The number of hydrogen-bond acceptors (Lipinski definition) is 5. The zero-order chi connectivity index (χ0) is 14.6. The van der Waals surface area contributed by atoms with Gasteiger partial charge in [-0.05, 0) is 12.1 Å². The minimum Gasteiger partial charge on any atom is -0.459 e. The SMILES string of the molecule is O=C1OC2CC1N(C(=O)c1cc3ccccc3oc1=O)C2. The molecule has 0 N–H and O–H groups in total. The van der Waals surface area contributed by atoms with Crippen LogP contribution in [0.2, 0.25) is 0 Å². The van der Waals surface area contributed by atoms with Gasteiger partial charge in [-0.3, -0.25) is 4.79 Å². The molecule has 2 aromatic rings. The van der Waals surface area contributed by atoms with E-state index in [4.69, 9.17) is 9.15 Å². The molecular formula is C15H11NO5. The quantitative estimate of drug-likeness (QED) is 0.575. The zero-order valence-electron chi connectivity index (χ0n) is 10.9. The summed E-state index contributed by atoms with van der Waals surface area (Å²) in [7, 11) is 0. The lowest BCUT2D eigenvalue weighted by molar-refractivity contribution is -0.149. The molecule has 4 rings (SSSR count). The summed E-state index contributed by atoms with van der Waals surface area (Å²) in [6, 6.07) is 7.92. The van der Waals surface area contributed by atoms with Crippen LogP contribution in [0.3, 0.4) is 0 Å². The fourth-order valence-corrected chi connectivity index (χ4v) is 2.94. The molecule has 0 spiro atoms. The molecule has 1 amide bonds. The highest BCUT2D eigenvalue weighted by Gasteiger charge is 2.49. The van der Waals surface area contributed by atoms with Gasteiger partial charge >= 0.3 is 11.6 Å². The molecule has 2 saturated heterocycles. The third-order valence-corrected chi connectivity index (χ3v) is 3.95. The van der Waals surface area contributed by atoms with Gasteiger partial charge in [0.15, 0.2) is 0 Å². The predicted octanol–water partition coefficient (Wildman–Crippen LogP) is 0.933. The Morgan fingerprint density at radius 1 is 1.24 bits per heavy atom. The number of ether oxygens (including phenoxy) is 1. The van der Waals surface area contributed by atoms with Crippen molar-refractivity contribution in [2.75, 3.05) is 6.54 Å². The third-order valence-electron chi connectivity index (χ3n) is 3.95. The summed E-state index contributed by atoms with van der Waals surface area (Å²) in [6.07, 6.45) is 0.252. The zero-order valence-corrected chi connectivity index (χ0v) is 10.9. The molecule has 0 radical (unpaired) electrons. The molecule has 2 bridgehead atoms. The molecule has 0 saturated carbocycles. The van der Waals surface area contributed by atoms with E-state index in [1.54, 1.807) is 24.3 Å². The molecule has 2 aliphatic rings. The first-order valence-electron chi connectivity index (χ1n) is 6.68. The molecular weight excluding hydrogens is 274 g/mol. The number of amides is 1. The van der Waals surface area contributed by atoms with Crippen molar-refractivity contribution in [3.8, 4) is 0 Å². The maximum Gasteiger partial charge on any atom is 0.349 e. The summed E-state index contributed by atoms with van der Waals surface area (Å²) < 4.78 is 10.2. The van der Waals surface area contributed by atoms with Crippen LogP contribution in [0.25, 0.3) is 11.0 Å². The van der Waals surface area contributed by atoms with Crippen LogP contribution in [0, 0.1) is 0 Å². The van der Waals surface area contributed by atoms with Crippen molar-refractivity contribution in [2.45, 2.75) is 18.6 Å². The molecule has 0 aliphatic carbocycles. The normalized spacial score (nSPS) is 23.6. The second-order valence-corrected chi connectivity index (χ2v) is 5.25. The molecule has 1 aromatic heterocycles. The number of para-hydroxylation sites is 1. The molecule has 3 heterocycles. The van der Waals surface area contributed by atoms with E-state index in [0.29, 0.717) is 23.9 Å². The van der Waals surface area contributed by atoms with E-state index >= 15 is 0 Å². The second-order valence-electron chi connectivity index (χ2n) is 5.25. The Balaban J connectivity index is 1.76. The van der Waals surface area contributed by atoms with Gasteiger partial charge in [0.2, 0.25) is 0 Å². The highest BCUT2D eigenvalue weighted by molar-refractivity contribution is 5.99. The van der Waals surface area contributed by atoms with Crippen LogP contribution in [0.1, 0.15) is 16.8 Å². The molecule has 21 heavy (non-hydrogen) atoms. The van der Waals surface area contributed by atoms with Crippen LogP contribution in [0.15, 0.2) is 39.5 Å². The number of likely N-dealkylation sites (tertiary alicyclic amines) is 1. The fraction of sp³-hybridized carbons (Fsp3) is 0.267. The lowest BCUT2D eigenvalue weighted by Crippen LogP contribution is -2.45. The maximum absolute atomic E-state index is 12.5. The van der Waals surface area contributed by atoms with E-state index in [1.807, 2.05) is 0 Å². The summed E-state index contributed by atoms with van der Waals surface area (Å²) >= 11 is 0. The molecule has 106 valence electrons. The average Bonchev–Trinajstić information content (AvgIpc) is 3.05. The van der Waals surface area contributed by atoms with Crippen molar-refractivity contribution < 1.29 is 18.7 Å². The largest absolute Gasteiger partial charge is 0.459 e. The Kier molecular flexibility index (Phi) is 2.42. The van der Waals surface area contributed by atoms with Gasteiger partial charge in [-0.15, -0.1) is 0 Å². The van der Waals surface area contributed by atoms with Crippen molar-refractivity contribution in [2.24, 2.45) is 0 Å². The first-order valence-corrected chi connectivity index (χ1v) is 6.68. The summed E-state index contributed by atoms with van der Waals surface area (Å²) in [5.41, 5.74) is -0.301. The average molecular weight is 285 g/mol. The van der Waals surface area contributed by atoms with Crippen LogP contribution < -0.4 is 5.63 Å². The van der Waals surface area contributed by atoms with Gasteiger partial charge in [-0.25, -0.2) is 9.59 Å². The van der Waals surface area contributed by atoms with Crippen molar-refractivity contribution >= 4 is 22.8 Å². The standard InChI is InChI=1S/C15H11NO5/c17-13(16-7-9-6-11(16)15(19)20-9)10-5-8-3-1-2-4-12(8)21-14(10)18/h1-5,9,11H,6-7H2. The number of hydrogen-bond donors (Lipinski definition) is 0. The molecule has 2 atom stereocenters. The van der Waals surface area contributed by atoms with Gasteiger partial charge in [-0.2, -0.15) is 0 Å². The Labute approximate surface area is 118 Å². The third kappa shape index (κ3) is 1.75. The van der Waals surface area contributed by atoms with Gasteiger partial charge in [-0.1, -0.05) is 18.2 Å². The van der Waals surface area contributed by atoms with Gasteiger partial charge < -0.3 is 14.1 Å². The number of morpholine rings is 1. The van der Waals surface area contributed by atoms with Gasteiger partial charge in [0, 0.05) is 11.8 Å². The van der Waals surface area contributed by atoms with Crippen LogP contribution in [0.4, 0.5) is 0 Å². The van der Waals surface area contributed by atoms with Crippen molar-refractivity contribution in [3.05, 3.63) is 46.3 Å². The number of nitrogens with zero attached hydrogens (tertiary/aromatic N) is 1. The van der Waals surface area contributed by atoms with Crippen molar-refractivity contribution in [3.63, 3.8) is 0 Å². The summed E-state index contributed by atoms with van der Waals surface area (Å²) in [5.74, 6) is -0.872. The molecule has 2 fully saturated rings. The Morgan fingerprint density at radius 2 is 2.05 bits per heavy atom. The summed E-state index contributed by atoms with van der Waals surface area (Å²) in [6.45, 7) is 0.335.